The van der Waals surface area contributed by atoms with Crippen LogP contribution in [0.5, 0.6) is 0 Å². The molecule has 1 aliphatic carbocycles. The number of allylic oxidation sites excluding steroid dienone is 4. The zero-order valence-electron chi connectivity index (χ0n) is 17.6. The normalized spacial score (nSPS) is 20.4. The number of amides is 1. The van der Waals surface area contributed by atoms with Gasteiger partial charge < -0.3 is 5.32 Å². The summed E-state index contributed by atoms with van der Waals surface area (Å²) in [6.07, 6.45) is 5.46. The van der Waals surface area contributed by atoms with Crippen LogP contribution in [0.4, 0.5) is 13.2 Å². The molecular formula is C23H26ClF3N4O. The number of halogens is 4. The van der Waals surface area contributed by atoms with Gasteiger partial charge in [-0.15, -0.1) is 18.2 Å². The summed E-state index contributed by atoms with van der Waals surface area (Å²) < 4.78 is 41.6. The third kappa shape index (κ3) is 6.22. The van der Waals surface area contributed by atoms with Gasteiger partial charge in [0.15, 0.2) is 5.65 Å². The Morgan fingerprint density at radius 2 is 2.06 bits per heavy atom. The van der Waals surface area contributed by atoms with Crippen molar-refractivity contribution >= 4 is 28.5 Å². The van der Waals surface area contributed by atoms with Crippen LogP contribution in [-0.4, -0.2) is 38.8 Å². The fourth-order valence-corrected chi connectivity index (χ4v) is 4.08. The van der Waals surface area contributed by atoms with E-state index in [0.29, 0.717) is 5.92 Å². The molecule has 0 aliphatic heterocycles. The number of pyridine rings is 1. The third-order valence-corrected chi connectivity index (χ3v) is 5.90. The van der Waals surface area contributed by atoms with Gasteiger partial charge in [-0.05, 0) is 56.2 Å². The van der Waals surface area contributed by atoms with Crippen molar-refractivity contribution in [1.29, 1.82) is 0 Å². The van der Waals surface area contributed by atoms with Crippen molar-refractivity contribution in [2.45, 2.75) is 50.9 Å². The summed E-state index contributed by atoms with van der Waals surface area (Å²) in [5.74, 6) is -0.461. The van der Waals surface area contributed by atoms with Crippen LogP contribution in [0, 0.1) is 5.92 Å². The second-order valence-electron chi connectivity index (χ2n) is 7.92. The molecule has 0 atom stereocenters. The van der Waals surface area contributed by atoms with Crippen molar-refractivity contribution in [3.05, 3.63) is 60.5 Å². The Balaban J connectivity index is 1.57. The molecule has 172 valence electrons. The maximum absolute atomic E-state index is 13.2. The first kappa shape index (κ1) is 24.0. The van der Waals surface area contributed by atoms with Crippen LogP contribution >= 0.6 is 11.6 Å². The third-order valence-electron chi connectivity index (χ3n) is 5.61. The van der Waals surface area contributed by atoms with Gasteiger partial charge in [0.1, 0.15) is 0 Å². The second-order valence-corrected chi connectivity index (χ2v) is 8.19. The summed E-state index contributed by atoms with van der Waals surface area (Å²) in [6.45, 7) is 4.17. The number of nitrogens with one attached hydrogen (secondary N) is 1. The lowest BCUT2D eigenvalue weighted by molar-refractivity contribution is -0.118. The highest BCUT2D eigenvalue weighted by Gasteiger charge is 2.33. The number of carbonyl (C=O) groups excluding carboxylic acids is 1. The molecule has 5 nitrogen and oxygen atoms in total. The minimum absolute atomic E-state index is 0.0492. The van der Waals surface area contributed by atoms with Gasteiger partial charge in [-0.25, -0.2) is 9.67 Å². The predicted octanol–water partition coefficient (Wildman–Crippen LogP) is 5.34. The molecular weight excluding hydrogens is 441 g/mol. The Morgan fingerprint density at radius 1 is 1.31 bits per heavy atom. The molecule has 1 N–H and O–H groups in total. The van der Waals surface area contributed by atoms with Crippen LogP contribution < -0.4 is 5.32 Å². The summed E-state index contributed by atoms with van der Waals surface area (Å²) in [6, 6.07) is 3.75. The molecule has 2 aromatic rings. The average Bonchev–Trinajstić information content (AvgIpc) is 3.17. The van der Waals surface area contributed by atoms with E-state index < -0.39 is 17.7 Å². The van der Waals surface area contributed by atoms with E-state index in [1.165, 1.54) is 6.08 Å². The Kier molecular flexibility index (Phi) is 8.12. The quantitative estimate of drug-likeness (QED) is 0.247. The highest BCUT2D eigenvalue weighted by Crippen LogP contribution is 2.29. The van der Waals surface area contributed by atoms with Crippen molar-refractivity contribution < 1.29 is 18.0 Å². The maximum Gasteiger partial charge on any atom is 0.416 e. The molecule has 1 fully saturated rings. The zero-order chi connectivity index (χ0) is 23.1. The topological polar surface area (TPSA) is 59.8 Å². The van der Waals surface area contributed by atoms with Crippen LogP contribution in [0.15, 0.2) is 60.5 Å². The van der Waals surface area contributed by atoms with Crippen molar-refractivity contribution in [1.82, 2.24) is 20.1 Å². The molecule has 0 aromatic carbocycles. The number of alkyl halides is 4. The standard InChI is InChI=1S/C23H26ClF3N4O/c1-2-3-6-19(23(25,26)27)12-18(13-24)22(32)30-20-9-7-16(8-10-20)15-31-21-17(14-29-31)5-4-11-28-21/h2,4-6,11-12,14,16,20H,1,3,7-10,13,15H2,(H,30,32). The smallest absolute Gasteiger partial charge is 0.350 e. The molecule has 3 rings (SSSR count). The first-order chi connectivity index (χ1) is 15.3. The first-order valence-corrected chi connectivity index (χ1v) is 11.1. The molecule has 0 radical (unpaired) electrons. The maximum atomic E-state index is 13.2. The van der Waals surface area contributed by atoms with Gasteiger partial charge in [-0.2, -0.15) is 18.3 Å². The number of hydrogen-bond acceptors (Lipinski definition) is 3. The van der Waals surface area contributed by atoms with Gasteiger partial charge in [0, 0.05) is 29.7 Å². The molecule has 1 saturated carbocycles. The fraction of sp³-hybridized carbons (Fsp3) is 0.435. The Labute approximate surface area is 190 Å². The van der Waals surface area contributed by atoms with Crippen molar-refractivity contribution in [2.75, 3.05) is 5.88 Å². The molecule has 2 aromatic heterocycles. The first-order valence-electron chi connectivity index (χ1n) is 10.5. The van der Waals surface area contributed by atoms with E-state index in [2.05, 4.69) is 22.0 Å². The minimum Gasteiger partial charge on any atom is -0.350 e. The molecule has 1 amide bonds. The van der Waals surface area contributed by atoms with Crippen molar-refractivity contribution in [3.63, 3.8) is 0 Å². The zero-order valence-corrected chi connectivity index (χ0v) is 18.4. The van der Waals surface area contributed by atoms with Gasteiger partial charge >= 0.3 is 6.18 Å². The van der Waals surface area contributed by atoms with Crippen LogP contribution in [0.25, 0.3) is 11.0 Å². The number of aromatic nitrogens is 3. The summed E-state index contributed by atoms with van der Waals surface area (Å²) in [4.78, 5) is 16.9. The highest BCUT2D eigenvalue weighted by atomic mass is 35.5. The molecule has 0 bridgehead atoms. The van der Waals surface area contributed by atoms with Crippen molar-refractivity contribution in [3.8, 4) is 0 Å². The lowest BCUT2D eigenvalue weighted by atomic mass is 9.86. The molecule has 0 spiro atoms. The highest BCUT2D eigenvalue weighted by molar-refractivity contribution is 6.22. The van der Waals surface area contributed by atoms with Crippen LogP contribution in [-0.2, 0) is 11.3 Å². The van der Waals surface area contributed by atoms with Gasteiger partial charge in [0.05, 0.1) is 17.6 Å². The van der Waals surface area contributed by atoms with E-state index in [4.69, 9.17) is 11.6 Å². The summed E-state index contributed by atoms with van der Waals surface area (Å²) in [5.41, 5.74) is -0.146. The Hall–Kier alpha value is -2.61. The van der Waals surface area contributed by atoms with Gasteiger partial charge in [0.25, 0.3) is 0 Å². The molecule has 0 saturated heterocycles. The molecule has 0 unspecified atom stereocenters. The van der Waals surface area contributed by atoms with Crippen LogP contribution in [0.3, 0.4) is 0 Å². The largest absolute Gasteiger partial charge is 0.416 e. The monoisotopic (exact) mass is 466 g/mol. The number of nitrogens with zero attached hydrogens (tertiary/aromatic N) is 3. The van der Waals surface area contributed by atoms with E-state index in [-0.39, 0.29) is 23.9 Å². The summed E-state index contributed by atoms with van der Waals surface area (Å²) >= 11 is 5.80. The minimum atomic E-state index is -4.57. The van der Waals surface area contributed by atoms with Gasteiger partial charge in [-0.1, -0.05) is 12.2 Å². The summed E-state index contributed by atoms with van der Waals surface area (Å²) in [5, 5.41) is 8.26. The fourth-order valence-electron chi connectivity index (χ4n) is 3.88. The number of hydrogen-bond donors (Lipinski definition) is 1. The number of rotatable bonds is 8. The van der Waals surface area contributed by atoms with E-state index in [0.717, 1.165) is 55.4 Å². The molecule has 9 heteroatoms. The Morgan fingerprint density at radius 3 is 2.72 bits per heavy atom. The Bertz CT molecular complexity index is 1000. The van der Waals surface area contributed by atoms with E-state index in [1.54, 1.807) is 12.4 Å². The van der Waals surface area contributed by atoms with E-state index in [9.17, 15) is 18.0 Å². The van der Waals surface area contributed by atoms with Gasteiger partial charge in [0.2, 0.25) is 5.91 Å². The van der Waals surface area contributed by atoms with Gasteiger partial charge in [-0.3, -0.25) is 4.79 Å². The average molecular weight is 467 g/mol. The molecule has 1 aliphatic rings. The van der Waals surface area contributed by atoms with Crippen LogP contribution in [0.2, 0.25) is 0 Å². The van der Waals surface area contributed by atoms with Crippen molar-refractivity contribution in [2.24, 2.45) is 5.92 Å². The lowest BCUT2D eigenvalue weighted by Crippen LogP contribution is -2.39. The SMILES string of the molecule is C=CCC=C(C=C(CCl)C(=O)NC1CCC(Cn2ncc3cccnc32)CC1)C(F)(F)F. The van der Waals surface area contributed by atoms with E-state index >= 15 is 0 Å². The second kappa shape index (κ2) is 10.8. The predicted molar refractivity (Wildman–Crippen MR) is 119 cm³/mol. The number of carbonyl (C=O) groups is 1. The molecule has 32 heavy (non-hydrogen) atoms. The summed E-state index contributed by atoms with van der Waals surface area (Å²) in [7, 11) is 0. The van der Waals surface area contributed by atoms with E-state index in [1.807, 2.05) is 16.8 Å². The number of fused-ring (bicyclic) bond motifs is 1. The van der Waals surface area contributed by atoms with Crippen LogP contribution in [0.1, 0.15) is 32.1 Å². The lowest BCUT2D eigenvalue weighted by Gasteiger charge is -2.29. The molecule has 2 heterocycles.